The summed E-state index contributed by atoms with van der Waals surface area (Å²) in [5.41, 5.74) is 0. The van der Waals surface area contributed by atoms with Gasteiger partial charge < -0.3 is 7.40 Å². The minimum atomic E-state index is 0. The van der Waals surface area contributed by atoms with Crippen LogP contribution >= 0.6 is 0 Å². The van der Waals surface area contributed by atoms with Gasteiger partial charge >= 0.3 is 0 Å². The first-order valence-corrected chi connectivity index (χ1v) is 0. The maximum absolute atomic E-state index is 5.50. The van der Waals surface area contributed by atoms with Crippen molar-refractivity contribution in [1.29, 1.82) is 0 Å². The molecule has 0 N–H and O–H groups in total. The second-order valence-electron chi connectivity index (χ2n) is 0. The molecule has 26 valence electrons. The molecule has 6 heteroatoms. The van der Waals surface area contributed by atoms with Crippen LogP contribution in [-0.2, 0) is 196 Å². The van der Waals surface area contributed by atoms with Crippen molar-refractivity contribution in [3.05, 3.63) is 7.40 Å². The Morgan fingerprint density at radius 3 is 0.571 bits per heavy atom. The molecule has 0 atom stereocenters. The normalized spacial score (nSPS) is 1.00. The second-order valence-corrected chi connectivity index (χ2v) is 0. The Labute approximate surface area is 198 Å². The van der Waals surface area contributed by atoms with Crippen molar-refractivity contribution in [2.24, 2.45) is 0 Å². The Balaban J connectivity index is -0.000000000333. The molecule has 0 aliphatic heterocycles. The van der Waals surface area contributed by atoms with Gasteiger partial charge in [0.05, 0.1) is 0 Å². The maximum atomic E-state index is 5.50. The van der Waals surface area contributed by atoms with Gasteiger partial charge in [-0.1, -0.05) is 0 Å². The first kappa shape index (κ1) is 37.4. The summed E-state index contributed by atoms with van der Waals surface area (Å²) in [6.45, 7) is 0. The fraction of sp³-hybridized carbons (Fsp3) is 0. The molecule has 0 unspecified atom stereocenters. The molecule has 0 saturated heterocycles. The Morgan fingerprint density at radius 2 is 0.571 bits per heavy atom. The van der Waals surface area contributed by atoms with Crippen LogP contribution in [0.4, 0.5) is 0 Å². The van der Waals surface area contributed by atoms with E-state index in [4.69, 9.17) is 1.37 Å². The van der Waals surface area contributed by atoms with Gasteiger partial charge in [0.25, 0.3) is 0 Å². The van der Waals surface area contributed by atoms with Crippen LogP contribution in [0, 0.1) is 7.40 Å². The van der Waals surface area contributed by atoms with E-state index >= 15 is 0 Å². The molecule has 0 nitrogen and oxygen atoms in total. The summed E-state index contributed by atoms with van der Waals surface area (Å²) in [4.78, 5) is 0. The van der Waals surface area contributed by atoms with Crippen LogP contribution in [0.5, 0.6) is 0 Å². The van der Waals surface area contributed by atoms with Gasteiger partial charge in [-0.3, -0.25) is 0 Å². The van der Waals surface area contributed by atoms with Crippen LogP contribution in [0.2, 0.25) is 0 Å². The van der Waals surface area contributed by atoms with E-state index in [1.807, 2.05) is 0 Å². The third-order valence-corrected chi connectivity index (χ3v) is 0. The topological polar surface area (TPSA) is 0 Å². The summed E-state index contributed by atoms with van der Waals surface area (Å²) in [6, 6.07) is 0. The van der Waals surface area contributed by atoms with E-state index in [1.165, 1.54) is 0 Å². The quantitative estimate of drug-likeness (QED) is 0.385. The molecule has 0 heterocycles. The minimum absolute atomic E-state index is 0. The summed E-state index contributed by atoms with van der Waals surface area (Å²) >= 11 is 0. The van der Waals surface area contributed by atoms with Gasteiger partial charge in [-0.15, -0.1) is 0 Å². The van der Waals surface area contributed by atoms with E-state index < -0.39 is 0 Å². The monoisotopic (exact) mass is 550 g/mol. The molecule has 0 saturated carbocycles. The van der Waals surface area contributed by atoms with E-state index in [9.17, 15) is 0 Å². The maximum Gasteiger partial charge on any atom is 0 e. The SMILES string of the molecule is [3H][CH2-].[Y].[Y].[Y].[Y].[Y].[Y]. The van der Waals surface area contributed by atoms with E-state index in [-0.39, 0.29) is 196 Å². The molecule has 0 aliphatic carbocycles. The van der Waals surface area contributed by atoms with Gasteiger partial charge in [-0.25, -0.2) is 1.37 Å². The Hall–Kier alpha value is 6.62. The summed E-state index contributed by atoms with van der Waals surface area (Å²) in [5.74, 6) is 0. The van der Waals surface area contributed by atoms with Gasteiger partial charge in [0.15, 0.2) is 0 Å². The van der Waals surface area contributed by atoms with E-state index in [0.29, 0.717) is 0 Å². The van der Waals surface area contributed by atoms with Crippen LogP contribution in [0.25, 0.3) is 0 Å². The summed E-state index contributed by atoms with van der Waals surface area (Å²) in [5, 5.41) is 0. The van der Waals surface area contributed by atoms with Crippen LogP contribution in [-0.4, -0.2) is 0 Å². The summed E-state index contributed by atoms with van der Waals surface area (Å²) in [7, 11) is 2.50. The average molecular weight is 550 g/mol. The predicted molar refractivity (Wildman–Crippen MR) is 6.41 cm³/mol. The van der Waals surface area contributed by atoms with Crippen LogP contribution in [0.3, 0.4) is 0 Å². The fourth-order valence-corrected chi connectivity index (χ4v) is 0. The fourth-order valence-electron chi connectivity index (χ4n) is 0. The van der Waals surface area contributed by atoms with Crippen LogP contribution < -0.4 is 0 Å². The zero-order valence-electron chi connectivity index (χ0n) is 5.17. The molecule has 0 fully saturated rings. The summed E-state index contributed by atoms with van der Waals surface area (Å²) < 4.78 is 5.50. The van der Waals surface area contributed by atoms with Crippen molar-refractivity contribution in [2.45, 2.75) is 0 Å². The third kappa shape index (κ3) is 32.5. The average Bonchev–Trinajstić information content (AvgIpc) is 1.00. The van der Waals surface area contributed by atoms with Crippen molar-refractivity contribution in [3.63, 3.8) is 0 Å². The third-order valence-electron chi connectivity index (χ3n) is 0. The molecule has 6 radical (unpaired) electrons. The van der Waals surface area contributed by atoms with Crippen LogP contribution in [0.1, 0.15) is 1.37 Å². The molecule has 0 aromatic carbocycles. The smallest absolute Gasteiger partial charge is 0 e. The zero-order valence-corrected chi connectivity index (χ0v) is 21.2. The van der Waals surface area contributed by atoms with Gasteiger partial charge in [-0.05, 0) is 0 Å². The molecule has 0 aliphatic rings. The van der Waals surface area contributed by atoms with Crippen molar-refractivity contribution >= 4 is 0 Å². The predicted octanol–water partition coefficient (Wildman–Crippen LogP) is 0.435. The van der Waals surface area contributed by atoms with E-state index in [2.05, 4.69) is 7.40 Å². The molecule has 0 rings (SSSR count). The van der Waals surface area contributed by atoms with Gasteiger partial charge in [0.1, 0.15) is 0 Å². The number of rotatable bonds is 0. The molecule has 0 bridgehead atoms. The standard InChI is InChI=1S/CH3.6Y/h1H3;;;;;;/q-1;;;;;;/i1T;;;;;;. The molecule has 7 heavy (non-hydrogen) atoms. The van der Waals surface area contributed by atoms with E-state index in [0.717, 1.165) is 0 Å². The molecular formula is CH3Y6-. The molecule has 0 aromatic heterocycles. The van der Waals surface area contributed by atoms with Gasteiger partial charge in [0, 0.05) is 196 Å². The molecule has 0 spiro atoms. The van der Waals surface area contributed by atoms with Gasteiger partial charge in [0.2, 0.25) is 0 Å². The largest absolute Gasteiger partial charge is 0.358 e. The van der Waals surface area contributed by atoms with Crippen molar-refractivity contribution in [1.82, 2.24) is 0 Å². The van der Waals surface area contributed by atoms with Gasteiger partial charge in [-0.2, -0.15) is 0 Å². The first-order valence-electron chi connectivity index (χ1n) is 0.707. The molecular weight excluding hydrogens is 545 g/mol. The van der Waals surface area contributed by atoms with Crippen molar-refractivity contribution < 1.29 is 198 Å². The zero-order chi connectivity index (χ0) is 2.00. The minimum Gasteiger partial charge on any atom is -0.358 e. The second kappa shape index (κ2) is 38.9. The van der Waals surface area contributed by atoms with Crippen LogP contribution in [0.15, 0.2) is 0 Å². The Morgan fingerprint density at radius 1 is 0.571 bits per heavy atom. The Bertz CT molecular complexity index is 8.49. The number of hydrogen-bond donors (Lipinski definition) is 0. The van der Waals surface area contributed by atoms with Crippen molar-refractivity contribution in [2.75, 3.05) is 0 Å². The van der Waals surface area contributed by atoms with E-state index in [1.54, 1.807) is 0 Å². The summed E-state index contributed by atoms with van der Waals surface area (Å²) in [6.07, 6.45) is 0. The Kier molecular flexibility index (Phi) is 207. The molecule has 0 aromatic rings. The number of hydrogen-bond acceptors (Lipinski definition) is 0. The van der Waals surface area contributed by atoms with Crippen molar-refractivity contribution in [3.8, 4) is 0 Å². The molecule has 0 amide bonds. The first-order chi connectivity index (χ1) is 1.00.